The summed E-state index contributed by atoms with van der Waals surface area (Å²) in [5.74, 6) is 0.581. The number of halogens is 1. The van der Waals surface area contributed by atoms with E-state index >= 15 is 0 Å². The number of ether oxygens (including phenoxy) is 1. The van der Waals surface area contributed by atoms with E-state index in [1.54, 1.807) is 12.1 Å². The van der Waals surface area contributed by atoms with Crippen molar-refractivity contribution in [1.29, 1.82) is 0 Å². The summed E-state index contributed by atoms with van der Waals surface area (Å²) in [6, 6.07) is 7.36. The molecule has 1 N–H and O–H groups in total. The Morgan fingerprint density at radius 2 is 1.80 bits per heavy atom. The van der Waals surface area contributed by atoms with Crippen molar-refractivity contribution in [3.05, 3.63) is 34.9 Å². The lowest BCUT2D eigenvalue weighted by Gasteiger charge is -2.37. The second kappa shape index (κ2) is 6.28. The Bertz CT molecular complexity index is 648. The van der Waals surface area contributed by atoms with Gasteiger partial charge in [-0.1, -0.05) is 51.4 Å². The average Bonchev–Trinajstić information content (AvgIpc) is 3.00. The highest BCUT2D eigenvalue weighted by Crippen LogP contribution is 2.66. The van der Waals surface area contributed by atoms with E-state index in [9.17, 15) is 9.90 Å². The summed E-state index contributed by atoms with van der Waals surface area (Å²) in [5, 5.41) is 11.5. The van der Waals surface area contributed by atoms with Crippen LogP contribution in [0.5, 0.6) is 0 Å². The van der Waals surface area contributed by atoms with Crippen LogP contribution in [-0.4, -0.2) is 22.8 Å². The zero-order valence-corrected chi connectivity index (χ0v) is 16.5. The molecule has 2 aliphatic rings. The number of esters is 1. The van der Waals surface area contributed by atoms with Gasteiger partial charge in [-0.05, 0) is 60.6 Å². The number of carbonyl (C=O) groups is 1. The number of fused-ring (bicyclic) bond motifs is 1. The second-order valence-corrected chi connectivity index (χ2v) is 9.47. The maximum atomic E-state index is 12.9. The van der Waals surface area contributed by atoms with Gasteiger partial charge in [-0.15, -0.1) is 0 Å². The van der Waals surface area contributed by atoms with E-state index < -0.39 is 11.7 Å². The molecule has 0 bridgehead atoms. The maximum absolute atomic E-state index is 12.9. The third-order valence-corrected chi connectivity index (χ3v) is 6.74. The van der Waals surface area contributed by atoms with Crippen molar-refractivity contribution in [2.45, 2.75) is 65.1 Å². The van der Waals surface area contributed by atoms with E-state index in [1.807, 2.05) is 32.9 Å². The summed E-state index contributed by atoms with van der Waals surface area (Å²) in [5.41, 5.74) is 0.203. The molecule has 2 fully saturated rings. The first-order valence-corrected chi connectivity index (χ1v) is 9.60. The van der Waals surface area contributed by atoms with Gasteiger partial charge in [-0.25, -0.2) is 0 Å². The van der Waals surface area contributed by atoms with Gasteiger partial charge in [0.25, 0.3) is 0 Å². The van der Waals surface area contributed by atoms with Gasteiger partial charge in [0.2, 0.25) is 0 Å². The summed E-state index contributed by atoms with van der Waals surface area (Å²) in [7, 11) is 0. The fourth-order valence-electron chi connectivity index (χ4n) is 4.64. The molecule has 4 heteroatoms. The minimum absolute atomic E-state index is 0.104. The molecule has 1 aromatic carbocycles. The summed E-state index contributed by atoms with van der Waals surface area (Å²) in [6.07, 6.45) is 1.02. The molecule has 1 aromatic rings. The minimum atomic E-state index is -0.952. The highest BCUT2D eigenvalue weighted by atomic mass is 35.5. The molecule has 0 aliphatic heterocycles. The van der Waals surface area contributed by atoms with Crippen molar-refractivity contribution in [1.82, 2.24) is 0 Å². The Morgan fingerprint density at radius 1 is 1.20 bits per heavy atom. The fourth-order valence-corrected chi connectivity index (χ4v) is 4.77. The Balaban J connectivity index is 1.76. The maximum Gasteiger partial charge on any atom is 0.314 e. The first kappa shape index (κ1) is 18.7. The number of hydrogen-bond donors (Lipinski definition) is 1. The monoisotopic (exact) mass is 364 g/mol. The van der Waals surface area contributed by atoms with Gasteiger partial charge in [0, 0.05) is 5.02 Å². The van der Waals surface area contributed by atoms with E-state index in [0.29, 0.717) is 23.3 Å². The van der Waals surface area contributed by atoms with Crippen LogP contribution in [0.15, 0.2) is 24.3 Å². The molecule has 0 aromatic heterocycles. The zero-order chi connectivity index (χ0) is 18.6. The molecule has 0 saturated heterocycles. The summed E-state index contributed by atoms with van der Waals surface area (Å²) < 4.78 is 5.88. The topological polar surface area (TPSA) is 46.5 Å². The van der Waals surface area contributed by atoms with Crippen molar-refractivity contribution in [3.8, 4) is 0 Å². The average molecular weight is 365 g/mol. The van der Waals surface area contributed by atoms with E-state index in [-0.39, 0.29) is 23.2 Å². The molecular formula is C21H29ClO3. The van der Waals surface area contributed by atoms with Gasteiger partial charge in [0.1, 0.15) is 6.10 Å². The third-order valence-electron chi connectivity index (χ3n) is 6.49. The number of hydrogen-bond acceptors (Lipinski definition) is 3. The van der Waals surface area contributed by atoms with Gasteiger partial charge in [0.15, 0.2) is 0 Å². The summed E-state index contributed by atoms with van der Waals surface area (Å²) in [6.45, 7) is 10.3. The van der Waals surface area contributed by atoms with Crippen LogP contribution >= 0.6 is 11.6 Å². The van der Waals surface area contributed by atoms with E-state index in [2.05, 4.69) is 13.8 Å². The fraction of sp³-hybridized carbons (Fsp3) is 0.667. The molecule has 0 radical (unpaired) electrons. The summed E-state index contributed by atoms with van der Waals surface area (Å²) in [4.78, 5) is 12.9. The minimum Gasteiger partial charge on any atom is -0.459 e. The van der Waals surface area contributed by atoms with Gasteiger partial charge < -0.3 is 9.84 Å². The van der Waals surface area contributed by atoms with Crippen LogP contribution in [0.2, 0.25) is 5.02 Å². The standard InChI is InChI=1S/C21H29ClO3/c1-12(2)18(13-6-8-14(22)9-7-13)19(23)25-17-10-15-16(20(15,3)4)11-21(17,5)24/h6-9,12,15-18,24H,10-11H2,1-5H3/t15?,16-,17?,18-,21-/m1/s1. The van der Waals surface area contributed by atoms with Gasteiger partial charge >= 0.3 is 5.97 Å². The summed E-state index contributed by atoms with van der Waals surface area (Å²) >= 11 is 5.97. The Labute approximate surface area is 155 Å². The highest BCUT2D eigenvalue weighted by Gasteiger charge is 2.64. The largest absolute Gasteiger partial charge is 0.459 e. The highest BCUT2D eigenvalue weighted by molar-refractivity contribution is 6.30. The van der Waals surface area contributed by atoms with Crippen molar-refractivity contribution in [2.24, 2.45) is 23.2 Å². The molecule has 3 rings (SSSR count). The third kappa shape index (κ3) is 3.46. The Hall–Kier alpha value is -1.06. The molecule has 138 valence electrons. The quantitative estimate of drug-likeness (QED) is 0.780. The van der Waals surface area contributed by atoms with Gasteiger partial charge in [-0.2, -0.15) is 0 Å². The Morgan fingerprint density at radius 3 is 2.36 bits per heavy atom. The number of benzene rings is 1. The van der Waals surface area contributed by atoms with Crippen LogP contribution in [0.1, 0.15) is 58.9 Å². The molecule has 0 heterocycles. The van der Waals surface area contributed by atoms with Crippen molar-refractivity contribution in [3.63, 3.8) is 0 Å². The number of rotatable bonds is 4. The van der Waals surface area contributed by atoms with Crippen molar-refractivity contribution in [2.75, 3.05) is 0 Å². The lowest BCUT2D eigenvalue weighted by Crippen LogP contribution is -2.46. The van der Waals surface area contributed by atoms with Crippen LogP contribution in [0, 0.1) is 23.2 Å². The Kier molecular flexibility index (Phi) is 4.70. The molecule has 0 amide bonds. The van der Waals surface area contributed by atoms with Crippen LogP contribution in [0.25, 0.3) is 0 Å². The molecule has 0 spiro atoms. The van der Waals surface area contributed by atoms with E-state index in [1.165, 1.54) is 0 Å². The first-order chi connectivity index (χ1) is 11.5. The molecule has 25 heavy (non-hydrogen) atoms. The molecule has 5 atom stereocenters. The lowest BCUT2D eigenvalue weighted by molar-refractivity contribution is -0.172. The molecule has 2 saturated carbocycles. The van der Waals surface area contributed by atoms with E-state index in [4.69, 9.17) is 16.3 Å². The zero-order valence-electron chi connectivity index (χ0n) is 15.8. The molecular weight excluding hydrogens is 336 g/mol. The molecule has 3 nitrogen and oxygen atoms in total. The normalized spacial score (nSPS) is 34.3. The smallest absolute Gasteiger partial charge is 0.314 e. The van der Waals surface area contributed by atoms with Crippen LogP contribution in [0.3, 0.4) is 0 Å². The van der Waals surface area contributed by atoms with Crippen molar-refractivity contribution < 1.29 is 14.6 Å². The van der Waals surface area contributed by atoms with Crippen LogP contribution in [-0.2, 0) is 9.53 Å². The van der Waals surface area contributed by atoms with Gasteiger partial charge in [0.05, 0.1) is 11.5 Å². The van der Waals surface area contributed by atoms with Crippen LogP contribution in [0.4, 0.5) is 0 Å². The van der Waals surface area contributed by atoms with E-state index in [0.717, 1.165) is 12.0 Å². The predicted molar refractivity (Wildman–Crippen MR) is 99.5 cm³/mol. The molecule has 2 unspecified atom stereocenters. The number of carbonyl (C=O) groups excluding carboxylic acids is 1. The first-order valence-electron chi connectivity index (χ1n) is 9.22. The molecule has 2 aliphatic carbocycles. The predicted octanol–water partition coefficient (Wildman–Crippen LogP) is 4.81. The SMILES string of the molecule is CC(C)[C@@H](C(=O)OC1CC2[C@@H](C[C@@]1(C)O)C2(C)C)c1ccc(Cl)cc1. The van der Waals surface area contributed by atoms with Crippen molar-refractivity contribution >= 4 is 17.6 Å². The number of aliphatic hydroxyl groups is 1. The van der Waals surface area contributed by atoms with Crippen LogP contribution < -0.4 is 0 Å². The lowest BCUT2D eigenvalue weighted by atomic mass is 9.83. The second-order valence-electron chi connectivity index (χ2n) is 9.03. The van der Waals surface area contributed by atoms with Gasteiger partial charge in [-0.3, -0.25) is 4.79 Å².